The van der Waals surface area contributed by atoms with Crippen molar-refractivity contribution in [2.24, 2.45) is 5.92 Å². The highest BCUT2D eigenvalue weighted by Gasteiger charge is 2.54. The van der Waals surface area contributed by atoms with E-state index in [2.05, 4.69) is 12.2 Å². The molecule has 4 nitrogen and oxygen atoms in total. The molecule has 1 heterocycles. The highest BCUT2D eigenvalue weighted by molar-refractivity contribution is 7.99. The Morgan fingerprint density at radius 2 is 2.05 bits per heavy atom. The van der Waals surface area contributed by atoms with Crippen molar-refractivity contribution in [2.75, 3.05) is 12.3 Å². The number of nitrogens with zero attached hydrogens (tertiary/aromatic N) is 1. The largest absolute Gasteiger partial charge is 0.340 e. The van der Waals surface area contributed by atoms with Crippen molar-refractivity contribution in [2.45, 2.75) is 62.8 Å². The summed E-state index contributed by atoms with van der Waals surface area (Å²) < 4.78 is 0. The number of piperazine rings is 1. The number of hydrogen-bond acceptors (Lipinski definition) is 3. The first-order valence-corrected chi connectivity index (χ1v) is 8.83. The molecule has 2 saturated carbocycles. The minimum absolute atomic E-state index is 0.0191. The standard InChI is InChI=1S/C15H24N2O2S/c1-3-20-12-7-6-11(8-12)17-9-13(18)16-15(2,14(17)19)10-4-5-10/h10-12H,3-9H2,1-2H3,(H,16,18). The second kappa shape index (κ2) is 5.24. The van der Waals surface area contributed by atoms with Gasteiger partial charge in [0.1, 0.15) is 5.54 Å². The molecule has 2 amide bonds. The number of rotatable bonds is 4. The predicted octanol–water partition coefficient (Wildman–Crippen LogP) is 1.79. The Kier molecular flexibility index (Phi) is 3.73. The molecule has 1 N–H and O–H groups in total. The van der Waals surface area contributed by atoms with Gasteiger partial charge in [-0.15, -0.1) is 0 Å². The van der Waals surface area contributed by atoms with Gasteiger partial charge in [-0.3, -0.25) is 9.59 Å². The van der Waals surface area contributed by atoms with Gasteiger partial charge in [-0.2, -0.15) is 11.8 Å². The molecule has 3 fully saturated rings. The van der Waals surface area contributed by atoms with Crippen LogP contribution < -0.4 is 5.32 Å². The average Bonchev–Trinajstić information content (AvgIpc) is 3.16. The maximum atomic E-state index is 12.8. The van der Waals surface area contributed by atoms with Crippen molar-refractivity contribution in [3.63, 3.8) is 0 Å². The molecule has 0 radical (unpaired) electrons. The van der Waals surface area contributed by atoms with Gasteiger partial charge in [0.25, 0.3) is 0 Å². The third kappa shape index (κ3) is 2.45. The molecule has 1 aliphatic heterocycles. The number of thioether (sulfide) groups is 1. The first-order valence-electron chi connectivity index (χ1n) is 7.78. The highest BCUT2D eigenvalue weighted by atomic mass is 32.2. The first-order chi connectivity index (χ1) is 9.54. The summed E-state index contributed by atoms with van der Waals surface area (Å²) in [5, 5.41) is 3.62. The van der Waals surface area contributed by atoms with Crippen molar-refractivity contribution in [1.29, 1.82) is 0 Å². The van der Waals surface area contributed by atoms with Gasteiger partial charge in [-0.05, 0) is 50.7 Å². The molecule has 0 aromatic rings. The van der Waals surface area contributed by atoms with E-state index in [0.717, 1.165) is 31.4 Å². The summed E-state index contributed by atoms with van der Waals surface area (Å²) in [5.41, 5.74) is -0.634. The van der Waals surface area contributed by atoms with E-state index in [0.29, 0.717) is 11.2 Å². The summed E-state index contributed by atoms with van der Waals surface area (Å²) in [4.78, 5) is 26.7. The quantitative estimate of drug-likeness (QED) is 0.860. The van der Waals surface area contributed by atoms with Gasteiger partial charge in [-0.25, -0.2) is 0 Å². The lowest BCUT2D eigenvalue weighted by atomic mass is 9.90. The van der Waals surface area contributed by atoms with Gasteiger partial charge in [0.15, 0.2) is 0 Å². The number of carbonyl (C=O) groups excluding carboxylic acids is 2. The zero-order valence-electron chi connectivity index (χ0n) is 12.4. The molecule has 1 saturated heterocycles. The van der Waals surface area contributed by atoms with Crippen LogP contribution in [0, 0.1) is 5.92 Å². The molecular weight excluding hydrogens is 272 g/mol. The zero-order valence-corrected chi connectivity index (χ0v) is 13.2. The van der Waals surface area contributed by atoms with Crippen LogP contribution in [0.2, 0.25) is 0 Å². The molecule has 0 bridgehead atoms. The fourth-order valence-corrected chi connectivity index (χ4v) is 4.86. The van der Waals surface area contributed by atoms with Crippen LogP contribution in [0.3, 0.4) is 0 Å². The van der Waals surface area contributed by atoms with Gasteiger partial charge < -0.3 is 10.2 Å². The maximum absolute atomic E-state index is 12.8. The lowest BCUT2D eigenvalue weighted by Crippen LogP contribution is -2.67. The molecule has 3 unspecified atom stereocenters. The third-order valence-corrected chi connectivity index (χ3v) is 6.24. The minimum Gasteiger partial charge on any atom is -0.340 e. The Morgan fingerprint density at radius 1 is 1.30 bits per heavy atom. The lowest BCUT2D eigenvalue weighted by Gasteiger charge is -2.42. The van der Waals surface area contributed by atoms with Gasteiger partial charge >= 0.3 is 0 Å². The Morgan fingerprint density at radius 3 is 2.70 bits per heavy atom. The third-order valence-electron chi connectivity index (χ3n) is 5.01. The van der Waals surface area contributed by atoms with Crippen LogP contribution in [0.4, 0.5) is 0 Å². The molecule has 3 rings (SSSR count). The van der Waals surface area contributed by atoms with E-state index < -0.39 is 5.54 Å². The number of hydrogen-bond donors (Lipinski definition) is 1. The Labute approximate surface area is 125 Å². The van der Waals surface area contributed by atoms with Crippen LogP contribution >= 0.6 is 11.8 Å². The summed E-state index contributed by atoms with van der Waals surface area (Å²) in [6, 6.07) is 0.274. The summed E-state index contributed by atoms with van der Waals surface area (Å²) in [5.74, 6) is 1.66. The monoisotopic (exact) mass is 296 g/mol. The van der Waals surface area contributed by atoms with Crippen molar-refractivity contribution in [3.8, 4) is 0 Å². The maximum Gasteiger partial charge on any atom is 0.249 e. The van der Waals surface area contributed by atoms with Crippen molar-refractivity contribution < 1.29 is 9.59 Å². The molecule has 112 valence electrons. The van der Waals surface area contributed by atoms with E-state index in [1.54, 1.807) is 0 Å². The first kappa shape index (κ1) is 14.2. The molecular formula is C15H24N2O2S. The van der Waals surface area contributed by atoms with Gasteiger partial charge in [0, 0.05) is 11.3 Å². The average molecular weight is 296 g/mol. The fourth-order valence-electron chi connectivity index (χ4n) is 3.73. The van der Waals surface area contributed by atoms with Crippen molar-refractivity contribution >= 4 is 23.6 Å². The molecule has 5 heteroatoms. The lowest BCUT2D eigenvalue weighted by molar-refractivity contribution is -0.152. The van der Waals surface area contributed by atoms with Crippen LogP contribution in [0.5, 0.6) is 0 Å². The summed E-state index contributed by atoms with van der Waals surface area (Å²) in [6.45, 7) is 4.36. The van der Waals surface area contributed by atoms with E-state index in [4.69, 9.17) is 0 Å². The van der Waals surface area contributed by atoms with Crippen molar-refractivity contribution in [3.05, 3.63) is 0 Å². The molecule has 3 aliphatic rings. The molecule has 2 aliphatic carbocycles. The van der Waals surface area contributed by atoms with Gasteiger partial charge in [0.05, 0.1) is 6.54 Å². The van der Waals surface area contributed by atoms with Gasteiger partial charge in [0.2, 0.25) is 11.8 Å². The van der Waals surface area contributed by atoms with E-state index in [1.807, 2.05) is 23.6 Å². The second-order valence-corrected chi connectivity index (χ2v) is 8.08. The van der Waals surface area contributed by atoms with E-state index >= 15 is 0 Å². The summed E-state index contributed by atoms with van der Waals surface area (Å²) in [7, 11) is 0. The topological polar surface area (TPSA) is 49.4 Å². The Balaban J connectivity index is 1.72. The number of amides is 2. The SMILES string of the molecule is CCSC1CCC(N2CC(=O)NC(C)(C3CC3)C2=O)C1. The number of carbonyl (C=O) groups is 2. The van der Waals surface area contributed by atoms with Crippen LogP contribution in [-0.2, 0) is 9.59 Å². The van der Waals surface area contributed by atoms with Crippen molar-refractivity contribution in [1.82, 2.24) is 10.2 Å². The summed E-state index contributed by atoms with van der Waals surface area (Å²) in [6.07, 6.45) is 5.41. The van der Waals surface area contributed by atoms with Crippen LogP contribution in [-0.4, -0.2) is 45.8 Å². The van der Waals surface area contributed by atoms with E-state index in [-0.39, 0.29) is 24.4 Å². The molecule has 0 aromatic heterocycles. The minimum atomic E-state index is -0.634. The molecule has 0 aromatic carbocycles. The molecule has 3 atom stereocenters. The number of nitrogens with one attached hydrogen (secondary N) is 1. The van der Waals surface area contributed by atoms with E-state index in [1.165, 1.54) is 6.42 Å². The van der Waals surface area contributed by atoms with Crippen LogP contribution in [0.15, 0.2) is 0 Å². The molecule has 20 heavy (non-hydrogen) atoms. The Bertz CT molecular complexity index is 424. The smallest absolute Gasteiger partial charge is 0.249 e. The fraction of sp³-hybridized carbons (Fsp3) is 0.867. The predicted molar refractivity (Wildman–Crippen MR) is 80.5 cm³/mol. The zero-order chi connectivity index (χ0) is 14.3. The summed E-state index contributed by atoms with van der Waals surface area (Å²) >= 11 is 1.99. The highest BCUT2D eigenvalue weighted by Crippen LogP contribution is 2.43. The van der Waals surface area contributed by atoms with E-state index in [9.17, 15) is 9.59 Å². The van der Waals surface area contributed by atoms with Crippen LogP contribution in [0.25, 0.3) is 0 Å². The Hall–Kier alpha value is -0.710. The normalized spacial score (nSPS) is 38.2. The molecule has 0 spiro atoms. The van der Waals surface area contributed by atoms with Gasteiger partial charge in [-0.1, -0.05) is 6.92 Å². The second-order valence-electron chi connectivity index (χ2n) is 6.50. The van der Waals surface area contributed by atoms with Crippen LogP contribution in [0.1, 0.15) is 46.0 Å².